The Morgan fingerprint density at radius 2 is 2.18 bits per heavy atom. The van der Waals surface area contributed by atoms with E-state index < -0.39 is 5.97 Å². The molecule has 17 heavy (non-hydrogen) atoms. The summed E-state index contributed by atoms with van der Waals surface area (Å²) >= 11 is 2.20. The zero-order valence-corrected chi connectivity index (χ0v) is 11.6. The number of pyridine rings is 1. The van der Waals surface area contributed by atoms with Crippen LogP contribution in [0.1, 0.15) is 24.3 Å². The molecule has 0 saturated carbocycles. The van der Waals surface area contributed by atoms with Crippen LogP contribution in [0.4, 0.5) is 0 Å². The average molecular weight is 346 g/mol. The van der Waals surface area contributed by atoms with Crippen molar-refractivity contribution in [1.29, 1.82) is 0 Å². The molecule has 1 aromatic heterocycles. The molecule has 0 aliphatic carbocycles. The van der Waals surface area contributed by atoms with Crippen LogP contribution in [0.3, 0.4) is 0 Å². The van der Waals surface area contributed by atoms with E-state index in [4.69, 9.17) is 5.11 Å². The Bertz CT molecular complexity index is 386. The number of hydrogen-bond donors (Lipinski definition) is 1. The van der Waals surface area contributed by atoms with Gasteiger partial charge in [-0.05, 0) is 66.1 Å². The summed E-state index contributed by atoms with van der Waals surface area (Å²) in [5.74, 6) is -0.205. The van der Waals surface area contributed by atoms with Crippen molar-refractivity contribution in [2.75, 3.05) is 19.6 Å². The predicted octanol–water partition coefficient (Wildman–Crippen LogP) is 1.95. The molecule has 0 atom stereocenters. The Balaban J connectivity index is 1.90. The van der Waals surface area contributed by atoms with E-state index in [1.807, 2.05) is 17.2 Å². The van der Waals surface area contributed by atoms with Crippen LogP contribution in [0.2, 0.25) is 0 Å². The quantitative estimate of drug-likeness (QED) is 0.672. The minimum atomic E-state index is -0.737. The van der Waals surface area contributed by atoms with E-state index in [0.717, 1.165) is 29.6 Å². The number of halogens is 1. The number of carboxylic acids is 1. The van der Waals surface area contributed by atoms with E-state index in [2.05, 4.69) is 33.6 Å². The molecule has 1 aromatic rings. The second kappa shape index (κ2) is 5.77. The first-order valence-electron chi connectivity index (χ1n) is 5.71. The van der Waals surface area contributed by atoms with Gasteiger partial charge >= 0.3 is 5.97 Å². The van der Waals surface area contributed by atoms with E-state index in [0.29, 0.717) is 5.92 Å². The SMILES string of the molecule is O=C(O)CN1CCC(c2ccc(I)nc2)CC1. The first kappa shape index (κ1) is 12.8. The molecule has 1 fully saturated rings. The molecule has 0 spiro atoms. The summed E-state index contributed by atoms with van der Waals surface area (Å²) in [6, 6.07) is 4.16. The van der Waals surface area contributed by atoms with E-state index >= 15 is 0 Å². The molecule has 1 aliphatic rings. The Morgan fingerprint density at radius 1 is 1.47 bits per heavy atom. The van der Waals surface area contributed by atoms with Crippen molar-refractivity contribution in [2.45, 2.75) is 18.8 Å². The van der Waals surface area contributed by atoms with Crippen LogP contribution in [0.15, 0.2) is 18.3 Å². The van der Waals surface area contributed by atoms with Crippen LogP contribution in [0.5, 0.6) is 0 Å². The van der Waals surface area contributed by atoms with E-state index in [1.54, 1.807) is 0 Å². The van der Waals surface area contributed by atoms with Gasteiger partial charge in [-0.25, -0.2) is 0 Å². The molecule has 0 aromatic carbocycles. The van der Waals surface area contributed by atoms with Gasteiger partial charge < -0.3 is 5.11 Å². The molecule has 0 radical (unpaired) electrons. The monoisotopic (exact) mass is 346 g/mol. The predicted molar refractivity (Wildman–Crippen MR) is 73.0 cm³/mol. The summed E-state index contributed by atoms with van der Waals surface area (Å²) < 4.78 is 1.01. The van der Waals surface area contributed by atoms with Gasteiger partial charge in [-0.3, -0.25) is 14.7 Å². The zero-order chi connectivity index (χ0) is 12.3. The van der Waals surface area contributed by atoms with Gasteiger partial charge in [0.25, 0.3) is 0 Å². The number of hydrogen-bond acceptors (Lipinski definition) is 3. The summed E-state index contributed by atoms with van der Waals surface area (Å²) in [7, 11) is 0. The number of carbonyl (C=O) groups is 1. The lowest BCUT2D eigenvalue weighted by Gasteiger charge is -2.30. The van der Waals surface area contributed by atoms with Gasteiger partial charge in [0.1, 0.15) is 3.70 Å². The van der Waals surface area contributed by atoms with Crippen molar-refractivity contribution in [3.63, 3.8) is 0 Å². The summed E-state index contributed by atoms with van der Waals surface area (Å²) in [5.41, 5.74) is 1.28. The molecule has 5 heteroatoms. The minimum Gasteiger partial charge on any atom is -0.480 e. The molecule has 0 amide bonds. The van der Waals surface area contributed by atoms with E-state index in [-0.39, 0.29) is 6.54 Å². The van der Waals surface area contributed by atoms with E-state index in [9.17, 15) is 4.79 Å². The van der Waals surface area contributed by atoms with Crippen molar-refractivity contribution in [3.05, 3.63) is 27.6 Å². The molecule has 0 bridgehead atoms. The summed E-state index contributed by atoms with van der Waals surface area (Å²) in [4.78, 5) is 16.9. The fourth-order valence-electron chi connectivity index (χ4n) is 2.24. The fraction of sp³-hybridized carbons (Fsp3) is 0.500. The lowest BCUT2D eigenvalue weighted by atomic mass is 9.90. The highest BCUT2D eigenvalue weighted by molar-refractivity contribution is 14.1. The second-order valence-electron chi connectivity index (χ2n) is 4.36. The van der Waals surface area contributed by atoms with Gasteiger partial charge in [0.2, 0.25) is 0 Å². The van der Waals surface area contributed by atoms with Crippen molar-refractivity contribution in [1.82, 2.24) is 9.88 Å². The molecule has 2 rings (SSSR count). The fourth-order valence-corrected chi connectivity index (χ4v) is 2.56. The normalized spacial score (nSPS) is 18.2. The van der Waals surface area contributed by atoms with Crippen LogP contribution in [0, 0.1) is 3.70 Å². The molecule has 1 aliphatic heterocycles. The molecule has 0 unspecified atom stereocenters. The van der Waals surface area contributed by atoms with Gasteiger partial charge in [0.15, 0.2) is 0 Å². The Kier molecular flexibility index (Phi) is 4.33. The molecular weight excluding hydrogens is 331 g/mol. The zero-order valence-electron chi connectivity index (χ0n) is 9.47. The van der Waals surface area contributed by atoms with Crippen molar-refractivity contribution >= 4 is 28.6 Å². The maximum Gasteiger partial charge on any atom is 0.317 e. The number of aliphatic carboxylic acids is 1. The summed E-state index contributed by atoms with van der Waals surface area (Å²) in [5, 5.41) is 8.73. The topological polar surface area (TPSA) is 53.4 Å². The lowest BCUT2D eigenvalue weighted by molar-refractivity contribution is -0.138. The number of carboxylic acid groups (broad SMARTS) is 1. The third-order valence-electron chi connectivity index (χ3n) is 3.17. The number of piperidine rings is 1. The minimum absolute atomic E-state index is 0.164. The standard InChI is InChI=1S/C12H15IN2O2/c13-11-2-1-10(7-14-11)9-3-5-15(6-4-9)8-12(16)17/h1-2,7,9H,3-6,8H2,(H,16,17). The van der Waals surface area contributed by atoms with Crippen LogP contribution >= 0.6 is 22.6 Å². The highest BCUT2D eigenvalue weighted by atomic mass is 127. The third kappa shape index (κ3) is 3.64. The average Bonchev–Trinajstić information content (AvgIpc) is 2.30. The van der Waals surface area contributed by atoms with Gasteiger partial charge in [0, 0.05) is 6.20 Å². The number of nitrogens with zero attached hydrogens (tertiary/aromatic N) is 2. The Morgan fingerprint density at radius 3 is 2.71 bits per heavy atom. The molecular formula is C12H15IN2O2. The maximum absolute atomic E-state index is 10.6. The molecule has 1 saturated heterocycles. The van der Waals surface area contributed by atoms with Gasteiger partial charge in [-0.15, -0.1) is 0 Å². The highest BCUT2D eigenvalue weighted by Crippen LogP contribution is 2.27. The highest BCUT2D eigenvalue weighted by Gasteiger charge is 2.21. The summed E-state index contributed by atoms with van der Waals surface area (Å²) in [6.07, 6.45) is 3.99. The lowest BCUT2D eigenvalue weighted by Crippen LogP contribution is -2.36. The molecule has 92 valence electrons. The third-order valence-corrected chi connectivity index (χ3v) is 3.81. The largest absolute Gasteiger partial charge is 0.480 e. The van der Waals surface area contributed by atoms with Crippen LogP contribution in [0.25, 0.3) is 0 Å². The molecule has 2 heterocycles. The first-order chi connectivity index (χ1) is 8.15. The molecule has 1 N–H and O–H groups in total. The number of rotatable bonds is 3. The smallest absolute Gasteiger partial charge is 0.317 e. The van der Waals surface area contributed by atoms with Gasteiger partial charge in [0.05, 0.1) is 6.54 Å². The molecule has 4 nitrogen and oxygen atoms in total. The van der Waals surface area contributed by atoms with E-state index in [1.165, 1.54) is 5.56 Å². The first-order valence-corrected chi connectivity index (χ1v) is 6.78. The van der Waals surface area contributed by atoms with Crippen LogP contribution in [-0.2, 0) is 4.79 Å². The van der Waals surface area contributed by atoms with Gasteiger partial charge in [-0.2, -0.15) is 0 Å². The Hall–Kier alpha value is -0.690. The Labute approximate surface area is 114 Å². The number of likely N-dealkylation sites (tertiary alicyclic amines) is 1. The van der Waals surface area contributed by atoms with Crippen molar-refractivity contribution < 1.29 is 9.90 Å². The van der Waals surface area contributed by atoms with Crippen LogP contribution < -0.4 is 0 Å². The summed E-state index contributed by atoms with van der Waals surface area (Å²) in [6.45, 7) is 1.89. The van der Waals surface area contributed by atoms with Crippen molar-refractivity contribution in [2.24, 2.45) is 0 Å². The van der Waals surface area contributed by atoms with Gasteiger partial charge in [-0.1, -0.05) is 6.07 Å². The number of aromatic nitrogens is 1. The van der Waals surface area contributed by atoms with Crippen molar-refractivity contribution in [3.8, 4) is 0 Å². The maximum atomic E-state index is 10.6. The second-order valence-corrected chi connectivity index (χ2v) is 5.46. The van der Waals surface area contributed by atoms with Crippen LogP contribution in [-0.4, -0.2) is 40.6 Å².